The summed E-state index contributed by atoms with van der Waals surface area (Å²) in [6.45, 7) is 2.27. The van der Waals surface area contributed by atoms with E-state index in [1.54, 1.807) is 7.11 Å². The Labute approximate surface area is 163 Å². The van der Waals surface area contributed by atoms with Crippen molar-refractivity contribution in [2.24, 2.45) is 0 Å². The first kappa shape index (κ1) is 18.4. The highest BCUT2D eigenvalue weighted by atomic mass is 32.1. The predicted octanol–water partition coefficient (Wildman–Crippen LogP) is 2.91. The molecule has 0 spiro atoms. The van der Waals surface area contributed by atoms with Gasteiger partial charge in [-0.15, -0.1) is 11.3 Å². The van der Waals surface area contributed by atoms with E-state index in [4.69, 9.17) is 4.74 Å². The van der Waals surface area contributed by atoms with Crippen molar-refractivity contribution in [3.63, 3.8) is 0 Å². The first-order valence-electron chi connectivity index (χ1n) is 9.31. The Morgan fingerprint density at radius 1 is 1.33 bits per heavy atom. The van der Waals surface area contributed by atoms with Crippen LogP contribution in [0.25, 0.3) is 0 Å². The fourth-order valence-corrected chi connectivity index (χ4v) is 5.15. The lowest BCUT2D eigenvalue weighted by Crippen LogP contribution is -2.51. The largest absolute Gasteiger partial charge is 0.497 e. The van der Waals surface area contributed by atoms with Crippen molar-refractivity contribution in [1.29, 1.82) is 0 Å². The maximum Gasteiger partial charge on any atom is 0.240 e. The van der Waals surface area contributed by atoms with Crippen LogP contribution in [0.2, 0.25) is 0 Å². The van der Waals surface area contributed by atoms with Crippen LogP contribution in [0, 0.1) is 6.92 Å². The molecule has 2 fully saturated rings. The number of thiazole rings is 1. The summed E-state index contributed by atoms with van der Waals surface area (Å²) < 4.78 is 5.22. The Morgan fingerprint density at radius 2 is 2.00 bits per heavy atom. The van der Waals surface area contributed by atoms with Gasteiger partial charge in [0.25, 0.3) is 0 Å². The summed E-state index contributed by atoms with van der Waals surface area (Å²) in [6.07, 6.45) is 3.35. The normalized spacial score (nSPS) is 27.5. The number of aliphatic hydroxyl groups is 1. The second-order valence-corrected chi connectivity index (χ2v) is 8.43. The Balaban J connectivity index is 1.42. The van der Waals surface area contributed by atoms with Crippen LogP contribution in [0.3, 0.4) is 0 Å². The van der Waals surface area contributed by atoms with Gasteiger partial charge in [0.1, 0.15) is 5.75 Å². The molecule has 0 saturated carbocycles. The lowest BCUT2D eigenvalue weighted by Gasteiger charge is -2.43. The number of piperidine rings is 1. The number of aromatic nitrogens is 1. The van der Waals surface area contributed by atoms with Crippen LogP contribution in [0.1, 0.15) is 36.9 Å². The molecule has 2 aromatic rings. The van der Waals surface area contributed by atoms with E-state index in [0.717, 1.165) is 29.8 Å². The number of fused-ring (bicyclic) bond motifs is 2. The van der Waals surface area contributed by atoms with Gasteiger partial charge in [-0.1, -0.05) is 12.1 Å². The Kier molecular flexibility index (Phi) is 4.92. The number of benzene rings is 1. The van der Waals surface area contributed by atoms with Gasteiger partial charge in [-0.3, -0.25) is 9.69 Å². The van der Waals surface area contributed by atoms with Crippen LogP contribution in [0.4, 0.5) is 5.13 Å². The van der Waals surface area contributed by atoms with Gasteiger partial charge in [-0.25, -0.2) is 4.98 Å². The van der Waals surface area contributed by atoms with Gasteiger partial charge in [0, 0.05) is 17.5 Å². The van der Waals surface area contributed by atoms with Crippen LogP contribution in [0.5, 0.6) is 5.75 Å². The standard InChI is InChI=1S/C20H25N3O3S/c1-13-12-27-19(21-13)22-18(24)11-23-15-5-6-16(23)10-20(25,9-15)14-3-7-17(26-2)8-4-14/h3-4,7-8,12,15-16,25H,5-6,9-11H2,1-2H3,(H,21,22,24). The van der Waals surface area contributed by atoms with E-state index in [-0.39, 0.29) is 18.0 Å². The Bertz CT molecular complexity index is 806. The third kappa shape index (κ3) is 3.72. The number of methoxy groups -OCH3 is 1. The molecule has 0 aliphatic carbocycles. The van der Waals surface area contributed by atoms with Gasteiger partial charge in [0.2, 0.25) is 5.91 Å². The van der Waals surface area contributed by atoms with E-state index in [0.29, 0.717) is 24.5 Å². The molecule has 2 aliphatic heterocycles. The first-order valence-corrected chi connectivity index (χ1v) is 10.2. The van der Waals surface area contributed by atoms with E-state index in [1.165, 1.54) is 11.3 Å². The number of rotatable bonds is 5. The van der Waals surface area contributed by atoms with Crippen LogP contribution < -0.4 is 10.1 Å². The third-order valence-electron chi connectivity index (χ3n) is 5.74. The number of anilines is 1. The molecule has 2 aliphatic rings. The monoisotopic (exact) mass is 387 g/mol. The van der Waals surface area contributed by atoms with Crippen LogP contribution in [-0.4, -0.2) is 46.6 Å². The fraction of sp³-hybridized carbons (Fsp3) is 0.500. The molecule has 2 N–H and O–H groups in total. The van der Waals surface area contributed by atoms with Crippen LogP contribution >= 0.6 is 11.3 Å². The van der Waals surface area contributed by atoms with Crippen molar-refractivity contribution in [3.8, 4) is 5.75 Å². The smallest absolute Gasteiger partial charge is 0.240 e. The highest BCUT2D eigenvalue weighted by Crippen LogP contribution is 2.45. The molecule has 2 bridgehead atoms. The highest BCUT2D eigenvalue weighted by Gasteiger charge is 2.48. The van der Waals surface area contributed by atoms with Crippen molar-refractivity contribution in [1.82, 2.24) is 9.88 Å². The van der Waals surface area contributed by atoms with Gasteiger partial charge in [-0.05, 0) is 50.3 Å². The van der Waals surface area contributed by atoms with Gasteiger partial charge >= 0.3 is 0 Å². The summed E-state index contributed by atoms with van der Waals surface area (Å²) in [5, 5.41) is 16.8. The average Bonchev–Trinajstić information content (AvgIpc) is 3.15. The second kappa shape index (κ2) is 7.22. The minimum atomic E-state index is -0.836. The summed E-state index contributed by atoms with van der Waals surface area (Å²) >= 11 is 1.45. The van der Waals surface area contributed by atoms with E-state index >= 15 is 0 Å². The molecule has 3 heterocycles. The molecule has 2 unspecified atom stereocenters. The third-order valence-corrected chi connectivity index (χ3v) is 6.61. The molecule has 27 heavy (non-hydrogen) atoms. The number of carbonyl (C=O) groups is 1. The predicted molar refractivity (Wildman–Crippen MR) is 105 cm³/mol. The minimum absolute atomic E-state index is 0.0314. The first-order chi connectivity index (χ1) is 13.0. The minimum Gasteiger partial charge on any atom is -0.497 e. The number of hydrogen-bond donors (Lipinski definition) is 2. The van der Waals surface area contributed by atoms with Crippen molar-refractivity contribution < 1.29 is 14.6 Å². The molecule has 1 amide bonds. The molecular weight excluding hydrogens is 362 g/mol. The van der Waals surface area contributed by atoms with Crippen molar-refractivity contribution in [2.45, 2.75) is 50.3 Å². The molecule has 2 saturated heterocycles. The summed E-state index contributed by atoms with van der Waals surface area (Å²) in [5.41, 5.74) is 1.01. The average molecular weight is 388 g/mol. The molecule has 4 rings (SSSR count). The zero-order valence-electron chi connectivity index (χ0n) is 15.6. The van der Waals surface area contributed by atoms with E-state index in [9.17, 15) is 9.90 Å². The number of nitrogens with zero attached hydrogens (tertiary/aromatic N) is 2. The van der Waals surface area contributed by atoms with Crippen LogP contribution in [0.15, 0.2) is 29.6 Å². The fourth-order valence-electron chi connectivity index (χ4n) is 4.45. The number of carbonyl (C=O) groups excluding carboxylic acids is 1. The zero-order valence-corrected chi connectivity index (χ0v) is 16.5. The quantitative estimate of drug-likeness (QED) is 0.825. The van der Waals surface area contributed by atoms with Gasteiger partial charge < -0.3 is 15.2 Å². The van der Waals surface area contributed by atoms with Crippen molar-refractivity contribution >= 4 is 22.4 Å². The Hall–Kier alpha value is -1.96. The lowest BCUT2D eigenvalue weighted by atomic mass is 9.80. The summed E-state index contributed by atoms with van der Waals surface area (Å²) in [6, 6.07) is 8.13. The van der Waals surface area contributed by atoms with Crippen molar-refractivity contribution in [2.75, 3.05) is 19.0 Å². The lowest BCUT2D eigenvalue weighted by molar-refractivity contribution is -0.121. The van der Waals surface area contributed by atoms with Gasteiger partial charge in [-0.2, -0.15) is 0 Å². The molecule has 0 radical (unpaired) electrons. The molecule has 6 nitrogen and oxygen atoms in total. The van der Waals surface area contributed by atoms with E-state index < -0.39 is 5.60 Å². The topological polar surface area (TPSA) is 74.7 Å². The summed E-state index contributed by atoms with van der Waals surface area (Å²) in [7, 11) is 1.64. The molecule has 7 heteroatoms. The maximum atomic E-state index is 12.4. The SMILES string of the molecule is COc1ccc(C2(O)CC3CCC(C2)N3CC(=O)Nc2nc(C)cs2)cc1. The number of nitrogens with one attached hydrogen (secondary N) is 1. The molecule has 2 atom stereocenters. The zero-order chi connectivity index (χ0) is 19.0. The molecule has 1 aromatic carbocycles. The number of amides is 1. The molecular formula is C20H25N3O3S. The molecule has 1 aromatic heterocycles. The van der Waals surface area contributed by atoms with Gasteiger partial charge in [0.05, 0.1) is 24.9 Å². The summed E-state index contributed by atoms with van der Waals surface area (Å²) in [4.78, 5) is 19.0. The molecule has 144 valence electrons. The van der Waals surface area contributed by atoms with E-state index in [1.807, 2.05) is 36.6 Å². The van der Waals surface area contributed by atoms with E-state index in [2.05, 4.69) is 15.2 Å². The summed E-state index contributed by atoms with van der Waals surface area (Å²) in [5.74, 6) is 0.757. The number of hydrogen-bond acceptors (Lipinski definition) is 6. The van der Waals surface area contributed by atoms with Crippen LogP contribution in [-0.2, 0) is 10.4 Å². The highest BCUT2D eigenvalue weighted by molar-refractivity contribution is 7.13. The number of ether oxygens (including phenoxy) is 1. The Morgan fingerprint density at radius 3 is 2.56 bits per heavy atom. The van der Waals surface area contributed by atoms with Crippen molar-refractivity contribution in [3.05, 3.63) is 40.9 Å². The number of aryl methyl sites for hydroxylation is 1. The maximum absolute atomic E-state index is 12.4. The second-order valence-electron chi connectivity index (χ2n) is 7.57. The van der Waals surface area contributed by atoms with Gasteiger partial charge in [0.15, 0.2) is 5.13 Å².